The normalized spacial score (nSPS) is 11.7. The number of nitrogens with one attached hydrogen (secondary N) is 1. The van der Waals surface area contributed by atoms with E-state index < -0.39 is 12.0 Å². The van der Waals surface area contributed by atoms with Crippen LogP contribution in [0.1, 0.15) is 38.7 Å². The molecule has 1 aromatic carbocycles. The van der Waals surface area contributed by atoms with Crippen molar-refractivity contribution in [1.29, 1.82) is 0 Å². The van der Waals surface area contributed by atoms with Crippen LogP contribution in [0, 0.1) is 0 Å². The van der Waals surface area contributed by atoms with Crippen LogP contribution in [0.25, 0.3) is 0 Å². The Morgan fingerprint density at radius 3 is 2.43 bits per heavy atom. The van der Waals surface area contributed by atoms with Gasteiger partial charge in [0.05, 0.1) is 6.61 Å². The zero-order valence-corrected chi connectivity index (χ0v) is 12.6. The van der Waals surface area contributed by atoms with Crippen LogP contribution in [0.3, 0.4) is 0 Å². The van der Waals surface area contributed by atoms with Crippen LogP contribution >= 0.6 is 0 Å². The molecule has 5 heteroatoms. The molecule has 0 bridgehead atoms. The van der Waals surface area contributed by atoms with Gasteiger partial charge in [-0.1, -0.05) is 26.0 Å². The van der Waals surface area contributed by atoms with E-state index in [9.17, 15) is 9.59 Å². The minimum atomic E-state index is -0.997. The van der Waals surface area contributed by atoms with Gasteiger partial charge in [-0.2, -0.15) is 0 Å². The fourth-order valence-corrected chi connectivity index (χ4v) is 1.84. The van der Waals surface area contributed by atoms with Gasteiger partial charge in [0, 0.05) is 6.42 Å². The molecule has 0 spiro atoms. The van der Waals surface area contributed by atoms with Crippen molar-refractivity contribution in [3.05, 3.63) is 29.8 Å². The van der Waals surface area contributed by atoms with Gasteiger partial charge in [0.25, 0.3) is 0 Å². The van der Waals surface area contributed by atoms with Gasteiger partial charge in [-0.25, -0.2) is 4.79 Å². The first-order valence-electron chi connectivity index (χ1n) is 7.30. The lowest BCUT2D eigenvalue weighted by atomic mass is 10.1. The van der Waals surface area contributed by atoms with E-state index >= 15 is 0 Å². The predicted octanol–water partition coefficient (Wildman–Crippen LogP) is 2.39. The molecular weight excluding hydrogens is 270 g/mol. The number of aliphatic carboxylic acids is 1. The first-order chi connectivity index (χ1) is 10.1. The molecule has 0 aromatic heterocycles. The molecule has 5 nitrogen and oxygen atoms in total. The van der Waals surface area contributed by atoms with Crippen LogP contribution in [0.5, 0.6) is 5.75 Å². The van der Waals surface area contributed by atoms with Crippen molar-refractivity contribution in [2.24, 2.45) is 0 Å². The van der Waals surface area contributed by atoms with Crippen LogP contribution in [0.15, 0.2) is 24.3 Å². The number of rotatable bonds is 9. The summed E-state index contributed by atoms with van der Waals surface area (Å²) in [6, 6.07) is 6.81. The minimum Gasteiger partial charge on any atom is -0.494 e. The number of amides is 1. The molecule has 116 valence electrons. The van der Waals surface area contributed by atoms with E-state index in [1.165, 1.54) is 0 Å². The summed E-state index contributed by atoms with van der Waals surface area (Å²) < 4.78 is 5.48. The fourth-order valence-electron chi connectivity index (χ4n) is 1.84. The Morgan fingerprint density at radius 2 is 1.90 bits per heavy atom. The summed E-state index contributed by atoms with van der Waals surface area (Å²) in [6.07, 6.45) is 2.20. The smallest absolute Gasteiger partial charge is 0.326 e. The number of ether oxygens (including phenoxy) is 1. The lowest BCUT2D eigenvalue weighted by Crippen LogP contribution is -2.40. The zero-order chi connectivity index (χ0) is 15.7. The summed E-state index contributed by atoms with van der Waals surface area (Å²) in [5.74, 6) is -0.416. The van der Waals surface area contributed by atoms with E-state index in [4.69, 9.17) is 9.84 Å². The minimum absolute atomic E-state index is 0.240. The predicted molar refractivity (Wildman–Crippen MR) is 80.4 cm³/mol. The second kappa shape index (κ2) is 9.00. The molecule has 1 rings (SSSR count). The number of aryl methyl sites for hydroxylation is 1. The van der Waals surface area contributed by atoms with Gasteiger partial charge < -0.3 is 15.2 Å². The number of carboxylic acid groups (broad SMARTS) is 1. The Hall–Kier alpha value is -2.04. The summed E-state index contributed by atoms with van der Waals surface area (Å²) in [4.78, 5) is 22.5. The number of benzene rings is 1. The average Bonchev–Trinajstić information content (AvgIpc) is 2.49. The number of carboxylic acids is 1. The first-order valence-corrected chi connectivity index (χ1v) is 7.30. The Bertz CT molecular complexity index is 456. The monoisotopic (exact) mass is 293 g/mol. The van der Waals surface area contributed by atoms with Crippen molar-refractivity contribution < 1.29 is 19.4 Å². The molecule has 21 heavy (non-hydrogen) atoms. The van der Waals surface area contributed by atoms with Gasteiger partial charge >= 0.3 is 5.97 Å². The number of carbonyl (C=O) groups excluding carboxylic acids is 1. The maximum absolute atomic E-state index is 11.7. The van der Waals surface area contributed by atoms with Crippen LogP contribution in [-0.2, 0) is 16.0 Å². The average molecular weight is 293 g/mol. The molecule has 0 aliphatic carbocycles. The van der Waals surface area contributed by atoms with E-state index in [1.807, 2.05) is 31.2 Å². The summed E-state index contributed by atoms with van der Waals surface area (Å²) in [5, 5.41) is 11.4. The van der Waals surface area contributed by atoms with E-state index in [2.05, 4.69) is 5.32 Å². The standard InChI is InChI=1S/C16H23NO4/c1-3-11-21-13-8-5-12(6-9-13)7-10-15(18)17-14(4-2)16(19)20/h5-6,8-9,14H,3-4,7,10-11H2,1-2H3,(H,17,18)(H,19,20). The van der Waals surface area contributed by atoms with Gasteiger partial charge in [0.2, 0.25) is 5.91 Å². The number of hydrogen-bond acceptors (Lipinski definition) is 3. The maximum atomic E-state index is 11.7. The number of carbonyl (C=O) groups is 2. The van der Waals surface area contributed by atoms with Gasteiger partial charge in [-0.15, -0.1) is 0 Å². The van der Waals surface area contributed by atoms with Crippen molar-refractivity contribution >= 4 is 11.9 Å². The Balaban J connectivity index is 2.40. The third-order valence-electron chi connectivity index (χ3n) is 3.08. The molecule has 0 saturated carbocycles. The quantitative estimate of drug-likeness (QED) is 0.733. The van der Waals surface area contributed by atoms with E-state index in [0.717, 1.165) is 17.7 Å². The SMILES string of the molecule is CCCOc1ccc(CCC(=O)NC(CC)C(=O)O)cc1. The third kappa shape index (κ3) is 6.29. The largest absolute Gasteiger partial charge is 0.494 e. The zero-order valence-electron chi connectivity index (χ0n) is 12.6. The Kier molecular flexibility index (Phi) is 7.29. The van der Waals surface area contributed by atoms with E-state index in [-0.39, 0.29) is 12.3 Å². The van der Waals surface area contributed by atoms with Crippen molar-refractivity contribution in [3.8, 4) is 5.75 Å². The van der Waals surface area contributed by atoms with Crippen LogP contribution in [0.4, 0.5) is 0 Å². The molecule has 0 fully saturated rings. The number of hydrogen-bond donors (Lipinski definition) is 2. The molecular formula is C16H23NO4. The molecule has 1 atom stereocenters. The van der Waals surface area contributed by atoms with Crippen molar-refractivity contribution in [1.82, 2.24) is 5.32 Å². The lowest BCUT2D eigenvalue weighted by molar-refractivity contribution is -0.141. The van der Waals surface area contributed by atoms with Crippen molar-refractivity contribution in [3.63, 3.8) is 0 Å². The van der Waals surface area contributed by atoms with Crippen molar-refractivity contribution in [2.45, 2.75) is 45.6 Å². The summed E-state index contributed by atoms with van der Waals surface area (Å²) in [6.45, 7) is 4.47. The third-order valence-corrected chi connectivity index (χ3v) is 3.08. The van der Waals surface area contributed by atoms with Gasteiger partial charge in [-0.3, -0.25) is 4.79 Å². The second-order valence-electron chi connectivity index (χ2n) is 4.86. The summed E-state index contributed by atoms with van der Waals surface area (Å²) >= 11 is 0. The highest BCUT2D eigenvalue weighted by atomic mass is 16.5. The molecule has 1 amide bonds. The maximum Gasteiger partial charge on any atom is 0.326 e. The second-order valence-corrected chi connectivity index (χ2v) is 4.86. The van der Waals surface area contributed by atoms with Crippen molar-refractivity contribution in [2.75, 3.05) is 6.61 Å². The molecule has 1 aromatic rings. The van der Waals surface area contributed by atoms with Crippen LogP contribution in [-0.4, -0.2) is 29.6 Å². The topological polar surface area (TPSA) is 75.6 Å². The molecule has 0 heterocycles. The highest BCUT2D eigenvalue weighted by Gasteiger charge is 2.17. The fraction of sp³-hybridized carbons (Fsp3) is 0.500. The highest BCUT2D eigenvalue weighted by molar-refractivity contribution is 5.83. The van der Waals surface area contributed by atoms with Crippen LogP contribution < -0.4 is 10.1 Å². The lowest BCUT2D eigenvalue weighted by Gasteiger charge is -2.12. The molecule has 2 N–H and O–H groups in total. The van der Waals surface area contributed by atoms with Gasteiger partial charge in [-0.05, 0) is 37.0 Å². The Morgan fingerprint density at radius 1 is 1.24 bits per heavy atom. The van der Waals surface area contributed by atoms with E-state index in [0.29, 0.717) is 19.4 Å². The first kappa shape index (κ1) is 17.0. The molecule has 1 unspecified atom stereocenters. The van der Waals surface area contributed by atoms with Crippen LogP contribution in [0.2, 0.25) is 0 Å². The van der Waals surface area contributed by atoms with Gasteiger partial charge in [0.15, 0.2) is 0 Å². The highest BCUT2D eigenvalue weighted by Crippen LogP contribution is 2.13. The molecule has 0 saturated heterocycles. The summed E-state index contributed by atoms with van der Waals surface area (Å²) in [7, 11) is 0. The summed E-state index contributed by atoms with van der Waals surface area (Å²) in [5.41, 5.74) is 1.03. The van der Waals surface area contributed by atoms with Gasteiger partial charge in [0.1, 0.15) is 11.8 Å². The van der Waals surface area contributed by atoms with E-state index in [1.54, 1.807) is 6.92 Å². The Labute approximate surface area is 125 Å². The molecule has 0 radical (unpaired) electrons. The molecule has 0 aliphatic rings. The molecule has 0 aliphatic heterocycles.